The second kappa shape index (κ2) is 4.32. The maximum absolute atomic E-state index is 9.55. The lowest BCUT2D eigenvalue weighted by Crippen LogP contribution is -2.61. The fraction of sp³-hybridized carbons (Fsp3) is 1.00. The van der Waals surface area contributed by atoms with E-state index in [9.17, 15) is 5.11 Å². The molecule has 2 atom stereocenters. The normalized spacial score (nSPS) is 33.2. The third-order valence-corrected chi connectivity index (χ3v) is 2.23. The van der Waals surface area contributed by atoms with Crippen molar-refractivity contribution in [3.05, 3.63) is 0 Å². The minimum Gasteiger partial charge on any atom is -0.394 e. The Balaban J connectivity index is 2.72. The highest BCUT2D eigenvalue weighted by atomic mass is 16.7. The molecule has 0 aromatic rings. The number of ether oxygens (including phenoxy) is 2. The van der Waals surface area contributed by atoms with Crippen molar-refractivity contribution in [1.29, 1.82) is 0 Å². The molecule has 0 amide bonds. The molecule has 13 heavy (non-hydrogen) atoms. The van der Waals surface area contributed by atoms with Crippen LogP contribution in [-0.2, 0) is 9.47 Å². The maximum Gasteiger partial charge on any atom is 0.148 e. The van der Waals surface area contributed by atoms with Crippen molar-refractivity contribution in [2.45, 2.75) is 17.8 Å². The molecule has 6 heteroatoms. The van der Waals surface area contributed by atoms with Gasteiger partial charge in [-0.15, -0.1) is 0 Å². The SMILES string of the molecule is OC[C@H]1OCOC(CO)(CO)[C@@H]1O. The third kappa shape index (κ3) is 1.83. The van der Waals surface area contributed by atoms with Crippen LogP contribution in [0.2, 0.25) is 0 Å². The van der Waals surface area contributed by atoms with Crippen LogP contribution in [-0.4, -0.2) is 64.8 Å². The molecule has 0 radical (unpaired) electrons. The van der Waals surface area contributed by atoms with Crippen molar-refractivity contribution in [3.63, 3.8) is 0 Å². The first-order chi connectivity index (χ1) is 6.20. The fourth-order valence-electron chi connectivity index (χ4n) is 1.23. The Morgan fingerprint density at radius 3 is 2.31 bits per heavy atom. The van der Waals surface area contributed by atoms with Gasteiger partial charge in [0.1, 0.15) is 24.6 Å². The molecule has 1 fully saturated rings. The highest BCUT2D eigenvalue weighted by Gasteiger charge is 2.46. The lowest BCUT2D eigenvalue weighted by Gasteiger charge is -2.42. The molecule has 0 spiro atoms. The van der Waals surface area contributed by atoms with E-state index in [1.54, 1.807) is 0 Å². The highest BCUT2D eigenvalue weighted by Crippen LogP contribution is 2.24. The Bertz CT molecular complexity index is 157. The van der Waals surface area contributed by atoms with Crippen molar-refractivity contribution in [3.8, 4) is 0 Å². The molecule has 0 unspecified atom stereocenters. The van der Waals surface area contributed by atoms with Gasteiger partial charge in [-0.3, -0.25) is 0 Å². The number of rotatable bonds is 3. The van der Waals surface area contributed by atoms with Crippen LogP contribution < -0.4 is 0 Å². The average molecular weight is 194 g/mol. The fourth-order valence-corrected chi connectivity index (χ4v) is 1.23. The summed E-state index contributed by atoms with van der Waals surface area (Å²) in [5.74, 6) is 0. The topological polar surface area (TPSA) is 99.4 Å². The molecule has 78 valence electrons. The van der Waals surface area contributed by atoms with Gasteiger partial charge in [-0.2, -0.15) is 0 Å². The van der Waals surface area contributed by atoms with Crippen LogP contribution in [0.25, 0.3) is 0 Å². The van der Waals surface area contributed by atoms with Gasteiger partial charge in [-0.25, -0.2) is 0 Å². The van der Waals surface area contributed by atoms with E-state index in [0.717, 1.165) is 0 Å². The molecule has 1 saturated heterocycles. The first-order valence-corrected chi connectivity index (χ1v) is 3.96. The average Bonchev–Trinajstić information content (AvgIpc) is 2.19. The van der Waals surface area contributed by atoms with Crippen LogP contribution in [0.5, 0.6) is 0 Å². The summed E-state index contributed by atoms with van der Waals surface area (Å²) in [6.45, 7) is -1.59. The predicted octanol–water partition coefficient (Wildman–Crippen LogP) is -2.56. The first-order valence-electron chi connectivity index (χ1n) is 3.96. The van der Waals surface area contributed by atoms with Crippen LogP contribution >= 0.6 is 0 Å². The summed E-state index contributed by atoms with van der Waals surface area (Å²) in [5, 5.41) is 36.2. The quantitative estimate of drug-likeness (QED) is 0.394. The molecule has 1 aliphatic rings. The van der Waals surface area contributed by atoms with Crippen LogP contribution in [0.3, 0.4) is 0 Å². The monoisotopic (exact) mass is 194 g/mol. The maximum atomic E-state index is 9.55. The Morgan fingerprint density at radius 1 is 1.23 bits per heavy atom. The van der Waals surface area contributed by atoms with Crippen molar-refractivity contribution < 1.29 is 29.9 Å². The standard InChI is InChI=1S/C7H14O6/c8-1-5-6(11)7(2-9,3-10)13-4-12-5/h5-6,8-11H,1-4H2/t5-,6-/m1/s1. The zero-order valence-corrected chi connectivity index (χ0v) is 7.09. The van der Waals surface area contributed by atoms with E-state index in [-0.39, 0.29) is 13.4 Å². The van der Waals surface area contributed by atoms with Crippen LogP contribution in [0, 0.1) is 0 Å². The summed E-state index contributed by atoms with van der Waals surface area (Å²) in [7, 11) is 0. The molecule has 1 heterocycles. The number of hydrogen-bond donors (Lipinski definition) is 4. The van der Waals surface area contributed by atoms with E-state index >= 15 is 0 Å². The smallest absolute Gasteiger partial charge is 0.148 e. The van der Waals surface area contributed by atoms with E-state index in [4.69, 9.17) is 24.8 Å². The van der Waals surface area contributed by atoms with Crippen LogP contribution in [0.4, 0.5) is 0 Å². The summed E-state index contributed by atoms with van der Waals surface area (Å²) in [6.07, 6.45) is -2.06. The first kappa shape index (κ1) is 10.8. The molecule has 0 aliphatic carbocycles. The lowest BCUT2D eigenvalue weighted by atomic mass is 9.93. The van der Waals surface area contributed by atoms with Crippen molar-refractivity contribution in [2.75, 3.05) is 26.6 Å². The zero-order chi connectivity index (χ0) is 9.90. The number of aliphatic hydroxyl groups excluding tert-OH is 4. The largest absolute Gasteiger partial charge is 0.394 e. The Labute approximate surface area is 75.3 Å². The summed E-state index contributed by atoms with van der Waals surface area (Å²) < 4.78 is 9.78. The van der Waals surface area contributed by atoms with E-state index < -0.39 is 31.0 Å². The van der Waals surface area contributed by atoms with Gasteiger partial charge < -0.3 is 29.9 Å². The molecule has 0 aromatic carbocycles. The van der Waals surface area contributed by atoms with E-state index in [0.29, 0.717) is 0 Å². The van der Waals surface area contributed by atoms with Gasteiger partial charge in [0.25, 0.3) is 0 Å². The Morgan fingerprint density at radius 2 is 1.85 bits per heavy atom. The van der Waals surface area contributed by atoms with Crippen LogP contribution in [0.15, 0.2) is 0 Å². The summed E-state index contributed by atoms with van der Waals surface area (Å²) in [6, 6.07) is 0. The van der Waals surface area contributed by atoms with Gasteiger partial charge in [0.05, 0.1) is 19.8 Å². The second-order valence-electron chi connectivity index (χ2n) is 2.98. The minimum absolute atomic E-state index is 0.163. The Kier molecular flexibility index (Phi) is 3.60. The summed E-state index contributed by atoms with van der Waals surface area (Å²) in [5.41, 5.74) is -1.42. The van der Waals surface area contributed by atoms with E-state index in [1.807, 2.05) is 0 Å². The van der Waals surface area contributed by atoms with E-state index in [2.05, 4.69) is 0 Å². The molecule has 1 rings (SSSR count). The van der Waals surface area contributed by atoms with E-state index in [1.165, 1.54) is 0 Å². The van der Waals surface area contributed by atoms with Gasteiger partial charge >= 0.3 is 0 Å². The lowest BCUT2D eigenvalue weighted by molar-refractivity contribution is -0.299. The molecule has 1 aliphatic heterocycles. The molecule has 4 N–H and O–H groups in total. The van der Waals surface area contributed by atoms with Gasteiger partial charge in [-0.05, 0) is 0 Å². The summed E-state index contributed by atoms with van der Waals surface area (Å²) in [4.78, 5) is 0. The Hall–Kier alpha value is -0.240. The third-order valence-electron chi connectivity index (χ3n) is 2.23. The number of aliphatic hydroxyl groups is 4. The van der Waals surface area contributed by atoms with Gasteiger partial charge in [0.2, 0.25) is 0 Å². The molecule has 0 aromatic heterocycles. The van der Waals surface area contributed by atoms with Crippen molar-refractivity contribution in [1.82, 2.24) is 0 Å². The molecule has 0 saturated carbocycles. The molecule has 6 nitrogen and oxygen atoms in total. The minimum atomic E-state index is -1.42. The van der Waals surface area contributed by atoms with Gasteiger partial charge in [0, 0.05) is 0 Å². The zero-order valence-electron chi connectivity index (χ0n) is 7.09. The van der Waals surface area contributed by atoms with Gasteiger partial charge in [0.15, 0.2) is 0 Å². The molecular formula is C7H14O6. The van der Waals surface area contributed by atoms with Crippen LogP contribution in [0.1, 0.15) is 0 Å². The summed E-state index contributed by atoms with van der Waals surface area (Å²) >= 11 is 0. The molecular weight excluding hydrogens is 180 g/mol. The molecule has 0 bridgehead atoms. The number of hydrogen-bond acceptors (Lipinski definition) is 6. The second-order valence-corrected chi connectivity index (χ2v) is 2.98. The highest BCUT2D eigenvalue weighted by molar-refractivity contribution is 4.93. The van der Waals surface area contributed by atoms with Gasteiger partial charge in [-0.1, -0.05) is 0 Å². The van der Waals surface area contributed by atoms with Crippen molar-refractivity contribution in [2.24, 2.45) is 0 Å². The predicted molar refractivity (Wildman–Crippen MR) is 40.8 cm³/mol. The van der Waals surface area contributed by atoms with Crippen molar-refractivity contribution >= 4 is 0 Å².